The van der Waals surface area contributed by atoms with Crippen LogP contribution in [0.15, 0.2) is 24.4 Å². The van der Waals surface area contributed by atoms with Crippen molar-refractivity contribution in [1.29, 1.82) is 0 Å². The fraction of sp³-hybridized carbons (Fsp3) is 0.545. The molecule has 2 saturated heterocycles. The Kier molecular flexibility index (Phi) is 6.05. The van der Waals surface area contributed by atoms with Gasteiger partial charge in [-0.15, -0.1) is 24.0 Å². The highest BCUT2D eigenvalue weighted by molar-refractivity contribution is 9.09. The smallest absolute Gasteiger partial charge is 0.0647 e. The van der Waals surface area contributed by atoms with Gasteiger partial charge in [0.05, 0.1) is 11.6 Å². The predicted octanol–water partition coefficient (Wildman–Crippen LogP) is 3.08. The molecular weight excluding hydrogens is 311 g/mol. The molecule has 2 atom stereocenters. The maximum absolute atomic E-state index is 5.46. The second-order valence-corrected chi connectivity index (χ2v) is 5.27. The molecule has 2 unspecified atom stereocenters. The molecule has 0 amide bonds. The van der Waals surface area contributed by atoms with Crippen molar-refractivity contribution in [2.24, 2.45) is 0 Å². The molecule has 0 N–H and O–H groups in total. The van der Waals surface area contributed by atoms with Crippen LogP contribution in [0.5, 0.6) is 0 Å². The molecule has 2 fully saturated rings. The summed E-state index contributed by atoms with van der Waals surface area (Å²) in [6, 6.07) is 6.62. The lowest BCUT2D eigenvalue weighted by molar-refractivity contribution is 0.00876. The molecule has 0 spiro atoms. The molecule has 16 heavy (non-hydrogen) atoms. The van der Waals surface area contributed by atoms with Gasteiger partial charge in [0.25, 0.3) is 0 Å². The number of halogens is 3. The summed E-state index contributed by atoms with van der Waals surface area (Å²) >= 11 is 9.04. The number of pyridine rings is 1. The zero-order valence-electron chi connectivity index (χ0n) is 8.85. The second-order valence-electron chi connectivity index (χ2n) is 3.82. The molecule has 2 nitrogen and oxygen atoms in total. The summed E-state index contributed by atoms with van der Waals surface area (Å²) in [7, 11) is 0. The predicted molar refractivity (Wildman–Crippen MR) is 73.7 cm³/mol. The van der Waals surface area contributed by atoms with Crippen molar-refractivity contribution >= 4 is 39.9 Å². The van der Waals surface area contributed by atoms with Gasteiger partial charge in [0.1, 0.15) is 0 Å². The third-order valence-electron chi connectivity index (χ3n) is 2.87. The van der Waals surface area contributed by atoms with Crippen molar-refractivity contribution in [1.82, 2.24) is 9.88 Å². The molecule has 90 valence electrons. The van der Waals surface area contributed by atoms with E-state index in [4.69, 9.17) is 11.6 Å². The maximum Gasteiger partial charge on any atom is 0.0647 e. The first-order chi connectivity index (χ1) is 7.31. The van der Waals surface area contributed by atoms with Crippen molar-refractivity contribution < 1.29 is 0 Å². The minimum absolute atomic E-state index is 0. The van der Waals surface area contributed by atoms with Crippen molar-refractivity contribution in [2.45, 2.75) is 23.2 Å². The van der Waals surface area contributed by atoms with Crippen LogP contribution < -0.4 is 0 Å². The lowest BCUT2D eigenvalue weighted by Crippen LogP contribution is -2.65. The molecule has 3 heterocycles. The highest BCUT2D eigenvalue weighted by Gasteiger charge is 2.43. The lowest BCUT2D eigenvalue weighted by Gasteiger charge is -2.54. The van der Waals surface area contributed by atoms with Crippen LogP contribution >= 0.6 is 39.9 Å². The van der Waals surface area contributed by atoms with E-state index < -0.39 is 0 Å². The Morgan fingerprint density at radius 3 is 2.50 bits per heavy atom. The monoisotopic (exact) mass is 324 g/mol. The first-order valence-electron chi connectivity index (χ1n) is 5.15. The van der Waals surface area contributed by atoms with Gasteiger partial charge in [0, 0.05) is 30.2 Å². The zero-order chi connectivity index (χ0) is 10.7. The van der Waals surface area contributed by atoms with E-state index in [0.29, 0.717) is 5.88 Å². The fourth-order valence-electron chi connectivity index (χ4n) is 1.78. The first-order valence-corrected chi connectivity index (χ1v) is 6.60. The largest absolute Gasteiger partial charge is 0.298 e. The SMILES string of the molecule is BrC1CN2CCC12.Cl.ClCc1ccccn1. The van der Waals surface area contributed by atoms with Crippen molar-refractivity contribution in [3.05, 3.63) is 30.1 Å². The first kappa shape index (κ1) is 14.2. The van der Waals surface area contributed by atoms with Crippen molar-refractivity contribution in [2.75, 3.05) is 13.1 Å². The third-order valence-corrected chi connectivity index (χ3v) is 4.04. The van der Waals surface area contributed by atoms with Crippen LogP contribution in [0, 0.1) is 0 Å². The van der Waals surface area contributed by atoms with Crippen LogP contribution in [0.2, 0.25) is 0 Å². The van der Waals surface area contributed by atoms with Gasteiger partial charge in [-0.2, -0.15) is 0 Å². The molecule has 2 aliphatic heterocycles. The van der Waals surface area contributed by atoms with E-state index >= 15 is 0 Å². The zero-order valence-corrected chi connectivity index (χ0v) is 12.0. The Hall–Kier alpha value is 0.170. The van der Waals surface area contributed by atoms with E-state index in [0.717, 1.165) is 16.6 Å². The normalized spacial score (nSPS) is 26.1. The number of hydrogen-bond acceptors (Lipinski definition) is 2. The van der Waals surface area contributed by atoms with E-state index in [9.17, 15) is 0 Å². The molecular formula is C11H15BrCl2N2. The average molecular weight is 326 g/mol. The summed E-state index contributed by atoms with van der Waals surface area (Å²) in [6.45, 7) is 2.65. The number of rotatable bonds is 1. The van der Waals surface area contributed by atoms with Gasteiger partial charge in [0.15, 0.2) is 0 Å². The Balaban J connectivity index is 0.000000151. The van der Waals surface area contributed by atoms with Gasteiger partial charge in [-0.25, -0.2) is 0 Å². The number of piperidine rings is 1. The Morgan fingerprint density at radius 1 is 1.50 bits per heavy atom. The minimum atomic E-state index is 0. The van der Waals surface area contributed by atoms with E-state index in [-0.39, 0.29) is 12.4 Å². The van der Waals surface area contributed by atoms with Crippen LogP contribution in [0.3, 0.4) is 0 Å². The summed E-state index contributed by atoms with van der Waals surface area (Å²) in [5.74, 6) is 0.501. The van der Waals surface area contributed by atoms with Crippen LogP contribution in [-0.2, 0) is 5.88 Å². The van der Waals surface area contributed by atoms with Crippen molar-refractivity contribution in [3.63, 3.8) is 0 Å². The summed E-state index contributed by atoms with van der Waals surface area (Å²) in [5.41, 5.74) is 0.925. The van der Waals surface area contributed by atoms with E-state index in [1.807, 2.05) is 18.2 Å². The Labute approximate surface area is 116 Å². The lowest BCUT2D eigenvalue weighted by atomic mass is 9.91. The molecule has 3 rings (SSSR count). The topological polar surface area (TPSA) is 16.1 Å². The molecule has 0 bridgehead atoms. The van der Waals surface area contributed by atoms with Crippen LogP contribution in [-0.4, -0.2) is 33.8 Å². The van der Waals surface area contributed by atoms with Gasteiger partial charge in [-0.3, -0.25) is 9.88 Å². The molecule has 2 aliphatic rings. The van der Waals surface area contributed by atoms with Gasteiger partial charge in [-0.1, -0.05) is 22.0 Å². The minimum Gasteiger partial charge on any atom is -0.298 e. The number of alkyl halides is 2. The average Bonchev–Trinajstić information content (AvgIpc) is 2.27. The third kappa shape index (κ3) is 3.33. The molecule has 0 aliphatic carbocycles. The van der Waals surface area contributed by atoms with Crippen LogP contribution in [0.4, 0.5) is 0 Å². The van der Waals surface area contributed by atoms with E-state index in [1.165, 1.54) is 19.5 Å². The Bertz CT molecular complexity index is 306. The maximum atomic E-state index is 5.46. The highest BCUT2D eigenvalue weighted by Crippen LogP contribution is 2.34. The summed E-state index contributed by atoms with van der Waals surface area (Å²) < 4.78 is 0. The van der Waals surface area contributed by atoms with Gasteiger partial charge in [0.2, 0.25) is 0 Å². The summed E-state index contributed by atoms with van der Waals surface area (Å²) in [4.78, 5) is 7.30. The highest BCUT2D eigenvalue weighted by atomic mass is 79.9. The summed E-state index contributed by atoms with van der Waals surface area (Å²) in [5, 5.41) is 0. The van der Waals surface area contributed by atoms with Gasteiger partial charge >= 0.3 is 0 Å². The van der Waals surface area contributed by atoms with Crippen LogP contribution in [0.25, 0.3) is 0 Å². The molecule has 1 aromatic rings. The number of aromatic nitrogens is 1. The Morgan fingerprint density at radius 2 is 2.31 bits per heavy atom. The number of fused-ring (bicyclic) bond motifs is 1. The second kappa shape index (κ2) is 6.80. The van der Waals surface area contributed by atoms with Crippen LogP contribution in [0.1, 0.15) is 12.1 Å². The molecule has 1 aromatic heterocycles. The van der Waals surface area contributed by atoms with Crippen molar-refractivity contribution in [3.8, 4) is 0 Å². The van der Waals surface area contributed by atoms with E-state index in [1.54, 1.807) is 6.20 Å². The quantitative estimate of drug-likeness (QED) is 0.738. The van der Waals surface area contributed by atoms with Gasteiger partial charge < -0.3 is 0 Å². The number of nitrogens with zero attached hydrogens (tertiary/aromatic N) is 2. The molecule has 0 aromatic carbocycles. The fourth-order valence-corrected chi connectivity index (χ4v) is 2.91. The van der Waals surface area contributed by atoms with E-state index in [2.05, 4.69) is 25.8 Å². The van der Waals surface area contributed by atoms with Gasteiger partial charge in [-0.05, 0) is 18.6 Å². The molecule has 0 radical (unpaired) electrons. The standard InChI is InChI=1S/C6H6ClN.C5H8BrN.ClH/c7-5-6-3-1-2-4-8-6;6-4-3-7-2-1-5(4)7;/h1-4H,5H2;4-5H,1-3H2;1H. The molecule has 5 heteroatoms. The summed E-state index contributed by atoms with van der Waals surface area (Å²) in [6.07, 6.45) is 3.16. The number of hydrogen-bond donors (Lipinski definition) is 0. The molecule has 0 saturated carbocycles.